The minimum Gasteiger partial charge on any atom is -0.716 e. The van der Waals surface area contributed by atoms with Crippen molar-refractivity contribution in [3.8, 4) is 11.5 Å². The van der Waals surface area contributed by atoms with Gasteiger partial charge in [-0.3, -0.25) is 0 Å². The summed E-state index contributed by atoms with van der Waals surface area (Å²) in [4.78, 5) is 0. The van der Waals surface area contributed by atoms with E-state index in [2.05, 4.69) is 44.0 Å². The van der Waals surface area contributed by atoms with Crippen LogP contribution in [0.25, 0.3) is 0 Å². The summed E-state index contributed by atoms with van der Waals surface area (Å²) >= 11 is 0. The molecule has 0 aliphatic heterocycles. The Kier molecular flexibility index (Phi) is 18.5. The van der Waals surface area contributed by atoms with Gasteiger partial charge in [0.05, 0.1) is 11.7 Å². The summed E-state index contributed by atoms with van der Waals surface area (Å²) in [5, 5.41) is 21.5. The van der Waals surface area contributed by atoms with Gasteiger partial charge in [-0.1, -0.05) is 55.2 Å². The molecule has 50 heavy (non-hydrogen) atoms. The fourth-order valence-electron chi connectivity index (χ4n) is 7.62. The number of benzene rings is 1. The maximum atomic E-state index is 11.5. The van der Waals surface area contributed by atoms with E-state index >= 15 is 0 Å². The molecule has 0 saturated heterocycles. The number of allylic oxidation sites excluding steroid dienone is 6. The third-order valence-electron chi connectivity index (χ3n) is 10.8. The first-order valence-electron chi connectivity index (χ1n) is 16.9. The smallest absolute Gasteiger partial charge is 0.716 e. The average Bonchev–Trinajstić information content (AvgIpc) is 2.93. The Bertz CT molecular complexity index is 1610. The largest absolute Gasteiger partial charge is 1.00 e. The third-order valence-corrected chi connectivity index (χ3v) is 11.5. The molecule has 0 heterocycles. The molecule has 0 radical (unpaired) electrons. The predicted molar refractivity (Wildman–Crippen MR) is 184 cm³/mol. The van der Waals surface area contributed by atoms with Crippen molar-refractivity contribution >= 4 is 20.8 Å². The standard InChI is InChI=1S/C36H56O10S2.2Na/c1-25(2)11-8-22-36(7,38)33(37)19-14-26(3)12-9-20-34(5)21-10-13-31-30(34)17-15-27(4)35(31,6)24-28-23-29(45-47(39,40)41)16-18-32(28)46-48(42,43)44;;/h11-12,16,18,23,27,33,37-38H,8-10,13-15,17,19-22,24H2,1-7H3,(H,39,40,41)(H,42,43,44);;/q;2*+1/p-2/b26-12+;;/t27-,33-,34?,35+,36+;;/m0../s1. The van der Waals surface area contributed by atoms with Crippen LogP contribution in [-0.2, 0) is 27.2 Å². The zero-order valence-electron chi connectivity index (χ0n) is 31.5. The van der Waals surface area contributed by atoms with Crippen LogP contribution in [0.3, 0.4) is 0 Å². The topological polar surface area (TPSA) is 173 Å². The molecular weight excluding hydrogens is 703 g/mol. The van der Waals surface area contributed by atoms with Crippen LogP contribution in [0.15, 0.2) is 52.6 Å². The second kappa shape index (κ2) is 19.4. The minimum atomic E-state index is -5.12. The quantitative estimate of drug-likeness (QED) is 0.108. The van der Waals surface area contributed by atoms with Crippen molar-refractivity contribution in [3.63, 3.8) is 0 Å². The summed E-state index contributed by atoms with van der Waals surface area (Å²) in [6.07, 6.45) is 12.7. The Hall–Kier alpha value is -0.220. The predicted octanol–water partition coefficient (Wildman–Crippen LogP) is 1.20. The molecule has 3 rings (SSSR count). The first-order chi connectivity index (χ1) is 22.0. The number of hydrogen-bond donors (Lipinski definition) is 2. The maximum absolute atomic E-state index is 11.5. The monoisotopic (exact) mass is 756 g/mol. The van der Waals surface area contributed by atoms with Gasteiger partial charge in [0.1, 0.15) is 11.5 Å². The Morgan fingerprint density at radius 2 is 1.66 bits per heavy atom. The zero-order chi connectivity index (χ0) is 36.1. The summed E-state index contributed by atoms with van der Waals surface area (Å²) in [6.45, 7) is 14.4. The Balaban J connectivity index is 0.00000625. The van der Waals surface area contributed by atoms with E-state index in [4.69, 9.17) is 4.18 Å². The summed E-state index contributed by atoms with van der Waals surface area (Å²) < 4.78 is 77.8. The summed E-state index contributed by atoms with van der Waals surface area (Å²) in [7, 11) is -10.2. The zero-order valence-corrected chi connectivity index (χ0v) is 37.1. The van der Waals surface area contributed by atoms with Crippen molar-refractivity contribution < 1.29 is 104 Å². The van der Waals surface area contributed by atoms with Crippen LogP contribution < -0.4 is 67.5 Å². The molecule has 2 aliphatic rings. The van der Waals surface area contributed by atoms with E-state index in [1.54, 1.807) is 6.92 Å². The second-order valence-electron chi connectivity index (χ2n) is 15.0. The molecule has 0 bridgehead atoms. The van der Waals surface area contributed by atoms with Crippen molar-refractivity contribution in [3.05, 3.63) is 58.2 Å². The van der Waals surface area contributed by atoms with Crippen LogP contribution in [0.2, 0.25) is 0 Å². The molecule has 5 atom stereocenters. The molecule has 1 aromatic rings. The Labute approximate surface area is 345 Å². The van der Waals surface area contributed by atoms with E-state index in [1.165, 1.54) is 28.4 Å². The van der Waals surface area contributed by atoms with Gasteiger partial charge in [0.2, 0.25) is 0 Å². The van der Waals surface area contributed by atoms with E-state index in [0.717, 1.165) is 63.5 Å². The van der Waals surface area contributed by atoms with E-state index in [-0.39, 0.29) is 93.9 Å². The van der Waals surface area contributed by atoms with Crippen molar-refractivity contribution in [1.29, 1.82) is 0 Å². The summed E-state index contributed by atoms with van der Waals surface area (Å²) in [6, 6.07) is 3.48. The van der Waals surface area contributed by atoms with Crippen molar-refractivity contribution in [2.75, 3.05) is 0 Å². The SMILES string of the molecule is CC(C)=CCC[C@@](C)(O)[C@@H](O)CC/C(C)=C/CCC1(C)CCCC2=C1CC[C@H](C)[C@@]2(C)Cc1cc(OS(=O)(=O)[O-])ccc1OS(=O)(=O)[O-].[Na+].[Na+]. The van der Waals surface area contributed by atoms with Crippen LogP contribution in [0.1, 0.15) is 125 Å². The number of hydrogen-bond acceptors (Lipinski definition) is 10. The van der Waals surface area contributed by atoms with Crippen LogP contribution in [0.5, 0.6) is 11.5 Å². The number of rotatable bonds is 16. The van der Waals surface area contributed by atoms with E-state index in [9.17, 15) is 36.2 Å². The van der Waals surface area contributed by atoms with E-state index in [0.29, 0.717) is 19.3 Å². The van der Waals surface area contributed by atoms with Crippen LogP contribution in [0.4, 0.5) is 0 Å². The first kappa shape index (κ1) is 47.8. The third kappa shape index (κ3) is 13.9. The Morgan fingerprint density at radius 3 is 2.26 bits per heavy atom. The molecule has 272 valence electrons. The number of aliphatic hydroxyl groups is 2. The van der Waals surface area contributed by atoms with Gasteiger partial charge < -0.3 is 27.7 Å². The molecule has 0 aromatic heterocycles. The summed E-state index contributed by atoms with van der Waals surface area (Å²) in [5.41, 5.74) is 3.67. The van der Waals surface area contributed by atoms with E-state index in [1.807, 2.05) is 13.8 Å². The number of aliphatic hydroxyl groups excluding tert-OH is 1. The molecule has 2 N–H and O–H groups in total. The maximum Gasteiger partial charge on any atom is 1.00 e. The molecule has 0 spiro atoms. The van der Waals surface area contributed by atoms with E-state index < -0.39 is 37.9 Å². The van der Waals surface area contributed by atoms with Gasteiger partial charge in [-0.05, 0) is 140 Å². The molecule has 1 aromatic carbocycles. The molecule has 0 amide bonds. The van der Waals surface area contributed by atoms with Crippen molar-refractivity contribution in [1.82, 2.24) is 0 Å². The van der Waals surface area contributed by atoms with Gasteiger partial charge in [0, 0.05) is 5.56 Å². The van der Waals surface area contributed by atoms with Gasteiger partial charge in [-0.2, -0.15) is 0 Å². The minimum absolute atomic E-state index is 0. The molecule has 1 unspecified atom stereocenters. The Morgan fingerprint density at radius 1 is 1.02 bits per heavy atom. The van der Waals surface area contributed by atoms with Gasteiger partial charge in [-0.15, -0.1) is 0 Å². The van der Waals surface area contributed by atoms with Gasteiger partial charge in [0.15, 0.2) is 0 Å². The van der Waals surface area contributed by atoms with Crippen LogP contribution in [-0.4, -0.2) is 47.9 Å². The van der Waals surface area contributed by atoms with Crippen LogP contribution >= 0.6 is 0 Å². The van der Waals surface area contributed by atoms with Crippen molar-refractivity contribution in [2.45, 2.75) is 137 Å². The van der Waals surface area contributed by atoms with Crippen molar-refractivity contribution in [2.24, 2.45) is 16.7 Å². The summed E-state index contributed by atoms with van der Waals surface area (Å²) in [5.74, 6) is -0.330. The molecule has 2 aliphatic carbocycles. The molecule has 10 nitrogen and oxygen atoms in total. The molecule has 14 heteroatoms. The fourth-order valence-corrected chi connectivity index (χ4v) is 8.34. The molecule has 0 fully saturated rings. The fraction of sp³-hybridized carbons (Fsp3) is 0.667. The molecular formula is C36H54Na2O10S2. The van der Waals surface area contributed by atoms with Gasteiger partial charge >= 0.3 is 59.1 Å². The first-order valence-corrected chi connectivity index (χ1v) is 19.6. The van der Waals surface area contributed by atoms with Gasteiger partial charge in [0.25, 0.3) is 20.8 Å². The molecule has 0 saturated carbocycles. The average molecular weight is 757 g/mol. The normalized spacial score (nSPS) is 24.5. The second-order valence-corrected chi connectivity index (χ2v) is 16.9. The van der Waals surface area contributed by atoms with Gasteiger partial charge in [-0.25, -0.2) is 16.8 Å². The van der Waals surface area contributed by atoms with Crippen LogP contribution in [0, 0.1) is 16.7 Å².